The van der Waals surface area contributed by atoms with E-state index in [-0.39, 0.29) is 23.0 Å². The van der Waals surface area contributed by atoms with Crippen molar-refractivity contribution in [2.24, 2.45) is 11.3 Å². The van der Waals surface area contributed by atoms with E-state index in [1.807, 2.05) is 9.80 Å². The molecule has 1 saturated carbocycles. The summed E-state index contributed by atoms with van der Waals surface area (Å²) in [5, 5.41) is 0. The van der Waals surface area contributed by atoms with Crippen molar-refractivity contribution in [3.8, 4) is 0 Å². The molecule has 0 aromatic heterocycles. The fraction of sp³-hybridized carbons (Fsp3) is 0.579. The molecule has 2 unspecified atom stereocenters. The van der Waals surface area contributed by atoms with Gasteiger partial charge in [0.2, 0.25) is 11.8 Å². The maximum atomic E-state index is 13.1. The van der Waals surface area contributed by atoms with Crippen LogP contribution in [0.4, 0.5) is 10.1 Å². The molecule has 1 aliphatic carbocycles. The Morgan fingerprint density at radius 3 is 2.32 bits per heavy atom. The van der Waals surface area contributed by atoms with Gasteiger partial charge in [-0.2, -0.15) is 0 Å². The van der Waals surface area contributed by atoms with Crippen LogP contribution >= 0.6 is 0 Å². The van der Waals surface area contributed by atoms with Gasteiger partial charge in [-0.3, -0.25) is 9.59 Å². The smallest absolute Gasteiger partial charge is 0.229 e. The minimum Gasteiger partial charge on any atom is -0.368 e. The van der Waals surface area contributed by atoms with Crippen molar-refractivity contribution in [2.45, 2.75) is 19.8 Å². The van der Waals surface area contributed by atoms with E-state index in [1.165, 1.54) is 12.1 Å². The van der Waals surface area contributed by atoms with Crippen LogP contribution in [-0.2, 0) is 9.59 Å². The topological polar surface area (TPSA) is 43.9 Å². The van der Waals surface area contributed by atoms with Crippen molar-refractivity contribution in [2.75, 3.05) is 44.2 Å². The molecule has 0 N–H and O–H groups in total. The van der Waals surface area contributed by atoms with E-state index < -0.39 is 0 Å². The van der Waals surface area contributed by atoms with E-state index in [9.17, 15) is 14.0 Å². The number of carbonyl (C=O) groups excluding carboxylic acids is 2. The molecule has 4 rings (SSSR count). The van der Waals surface area contributed by atoms with Crippen LogP contribution < -0.4 is 4.90 Å². The van der Waals surface area contributed by atoms with Crippen LogP contribution in [0.2, 0.25) is 0 Å². The van der Waals surface area contributed by atoms with Gasteiger partial charge >= 0.3 is 0 Å². The number of rotatable bonds is 2. The maximum absolute atomic E-state index is 13.1. The van der Waals surface area contributed by atoms with Crippen LogP contribution in [0.15, 0.2) is 24.3 Å². The van der Waals surface area contributed by atoms with Crippen LogP contribution in [0.5, 0.6) is 0 Å². The van der Waals surface area contributed by atoms with Crippen LogP contribution in [0, 0.1) is 17.2 Å². The highest BCUT2D eigenvalue weighted by molar-refractivity contribution is 5.87. The lowest BCUT2D eigenvalue weighted by atomic mass is 9.93. The Kier molecular flexibility index (Phi) is 3.93. The maximum Gasteiger partial charge on any atom is 0.229 e. The molecule has 3 aliphatic rings. The molecule has 6 heteroatoms. The Morgan fingerprint density at radius 2 is 1.72 bits per heavy atom. The van der Waals surface area contributed by atoms with E-state index in [4.69, 9.17) is 0 Å². The number of piperidine rings is 1. The minimum atomic E-state index is -0.228. The Bertz CT molecular complexity index is 684. The molecule has 2 saturated heterocycles. The van der Waals surface area contributed by atoms with Crippen LogP contribution in [0.1, 0.15) is 19.8 Å². The highest BCUT2D eigenvalue weighted by Crippen LogP contribution is 2.59. The zero-order valence-electron chi connectivity index (χ0n) is 14.6. The predicted molar refractivity (Wildman–Crippen MR) is 92.6 cm³/mol. The largest absolute Gasteiger partial charge is 0.368 e. The molecule has 0 radical (unpaired) electrons. The van der Waals surface area contributed by atoms with E-state index in [0.29, 0.717) is 25.6 Å². The van der Waals surface area contributed by atoms with Crippen LogP contribution in [0.3, 0.4) is 0 Å². The Balaban J connectivity index is 1.35. The highest BCUT2D eigenvalue weighted by Gasteiger charge is 2.63. The van der Waals surface area contributed by atoms with Gasteiger partial charge in [0.1, 0.15) is 5.82 Å². The quantitative estimate of drug-likeness (QED) is 0.820. The van der Waals surface area contributed by atoms with E-state index in [1.54, 1.807) is 19.1 Å². The number of halogens is 1. The number of fused-ring (bicyclic) bond motifs is 1. The fourth-order valence-electron chi connectivity index (χ4n) is 4.41. The SMILES string of the molecule is CC(=O)N1CCC2(C(=O)N3CCN(c4ccc(F)cc4)CC3)CC2C1. The lowest BCUT2D eigenvalue weighted by molar-refractivity contribution is -0.141. The molecule has 0 bridgehead atoms. The van der Waals surface area contributed by atoms with Crippen molar-refractivity contribution < 1.29 is 14.0 Å². The number of hydrogen-bond donors (Lipinski definition) is 0. The summed E-state index contributed by atoms with van der Waals surface area (Å²) in [6, 6.07) is 6.53. The third-order valence-electron chi connectivity index (χ3n) is 6.13. The van der Waals surface area contributed by atoms with Gasteiger partial charge in [-0.1, -0.05) is 0 Å². The summed E-state index contributed by atoms with van der Waals surface area (Å²) < 4.78 is 13.1. The van der Waals surface area contributed by atoms with E-state index in [0.717, 1.165) is 38.2 Å². The molecular formula is C19H24FN3O2. The van der Waals surface area contributed by atoms with Crippen molar-refractivity contribution in [1.29, 1.82) is 0 Å². The zero-order chi connectivity index (χ0) is 17.6. The molecule has 2 aliphatic heterocycles. The first-order valence-electron chi connectivity index (χ1n) is 9.05. The molecule has 0 spiro atoms. The number of likely N-dealkylation sites (tertiary alicyclic amines) is 1. The Morgan fingerprint density at radius 1 is 1.04 bits per heavy atom. The number of hydrogen-bond acceptors (Lipinski definition) is 3. The van der Waals surface area contributed by atoms with Gasteiger partial charge in [0.25, 0.3) is 0 Å². The minimum absolute atomic E-state index is 0.112. The number of piperazine rings is 1. The molecule has 1 aromatic carbocycles. The molecule has 5 nitrogen and oxygen atoms in total. The van der Waals surface area contributed by atoms with Crippen molar-refractivity contribution in [3.63, 3.8) is 0 Å². The third kappa shape index (κ3) is 2.87. The van der Waals surface area contributed by atoms with Crippen LogP contribution in [-0.4, -0.2) is 60.9 Å². The average molecular weight is 345 g/mol. The highest BCUT2D eigenvalue weighted by atomic mass is 19.1. The zero-order valence-corrected chi connectivity index (χ0v) is 14.6. The summed E-state index contributed by atoms with van der Waals surface area (Å²) in [5.41, 5.74) is 0.801. The lowest BCUT2D eigenvalue weighted by Crippen LogP contribution is -2.52. The number of anilines is 1. The van der Waals surface area contributed by atoms with Gasteiger partial charge < -0.3 is 14.7 Å². The number of amides is 2. The molecule has 2 amide bonds. The van der Waals surface area contributed by atoms with Gasteiger partial charge in [-0.25, -0.2) is 4.39 Å². The normalized spacial score (nSPS) is 28.6. The first-order chi connectivity index (χ1) is 12.0. The Labute approximate surface area is 147 Å². The third-order valence-corrected chi connectivity index (χ3v) is 6.13. The molecule has 3 fully saturated rings. The second-order valence-corrected chi connectivity index (χ2v) is 7.53. The molecule has 134 valence electrons. The van der Waals surface area contributed by atoms with Gasteiger partial charge in [-0.15, -0.1) is 0 Å². The van der Waals surface area contributed by atoms with Gasteiger partial charge in [0.15, 0.2) is 0 Å². The summed E-state index contributed by atoms with van der Waals surface area (Å²) in [6.45, 7) is 6.01. The molecule has 2 atom stereocenters. The number of benzene rings is 1. The number of carbonyl (C=O) groups is 2. The molecule has 2 heterocycles. The summed E-state index contributed by atoms with van der Waals surface area (Å²) in [5.74, 6) is 0.501. The lowest BCUT2D eigenvalue weighted by Gasteiger charge is -2.39. The summed E-state index contributed by atoms with van der Waals surface area (Å²) in [4.78, 5) is 30.6. The predicted octanol–water partition coefficient (Wildman–Crippen LogP) is 1.73. The van der Waals surface area contributed by atoms with E-state index >= 15 is 0 Å². The monoisotopic (exact) mass is 345 g/mol. The van der Waals surface area contributed by atoms with Crippen molar-refractivity contribution in [1.82, 2.24) is 9.80 Å². The summed E-state index contributed by atoms with van der Waals surface area (Å²) in [7, 11) is 0. The molecular weight excluding hydrogens is 321 g/mol. The first kappa shape index (κ1) is 16.4. The second-order valence-electron chi connectivity index (χ2n) is 7.53. The molecule has 1 aromatic rings. The fourth-order valence-corrected chi connectivity index (χ4v) is 4.41. The number of nitrogens with zero attached hydrogens (tertiary/aromatic N) is 3. The van der Waals surface area contributed by atoms with Crippen molar-refractivity contribution in [3.05, 3.63) is 30.1 Å². The average Bonchev–Trinajstić information content (AvgIpc) is 3.37. The second kappa shape index (κ2) is 6.00. The standard InChI is InChI=1S/C19H24FN3O2/c1-14(24)23-7-6-19(12-15(19)13-23)18(25)22-10-8-21(9-11-22)17-4-2-16(20)3-5-17/h2-5,15H,6-13H2,1H3. The Hall–Kier alpha value is -2.11. The van der Waals surface area contributed by atoms with Gasteiger partial charge in [0, 0.05) is 51.9 Å². The van der Waals surface area contributed by atoms with Crippen LogP contribution in [0.25, 0.3) is 0 Å². The molecule has 25 heavy (non-hydrogen) atoms. The first-order valence-corrected chi connectivity index (χ1v) is 9.05. The summed E-state index contributed by atoms with van der Waals surface area (Å²) in [6.07, 6.45) is 1.72. The summed E-state index contributed by atoms with van der Waals surface area (Å²) >= 11 is 0. The van der Waals surface area contributed by atoms with Gasteiger partial charge in [-0.05, 0) is 43.0 Å². The van der Waals surface area contributed by atoms with E-state index in [2.05, 4.69) is 4.90 Å². The van der Waals surface area contributed by atoms with Gasteiger partial charge in [0.05, 0.1) is 5.41 Å². The van der Waals surface area contributed by atoms with Crippen molar-refractivity contribution >= 4 is 17.5 Å².